The van der Waals surface area contributed by atoms with Gasteiger partial charge in [-0.05, 0) is 26.3 Å². The van der Waals surface area contributed by atoms with Gasteiger partial charge in [-0.15, -0.1) is 0 Å². The first kappa shape index (κ1) is 9.32. The summed E-state index contributed by atoms with van der Waals surface area (Å²) in [4.78, 5) is 2.11. The van der Waals surface area contributed by atoms with Gasteiger partial charge in [0.05, 0.1) is 0 Å². The van der Waals surface area contributed by atoms with Crippen LogP contribution >= 0.6 is 0 Å². The van der Waals surface area contributed by atoms with Crippen LogP contribution in [0.25, 0.3) is 0 Å². The van der Waals surface area contributed by atoms with E-state index < -0.39 is 0 Å². The molecule has 1 saturated heterocycles. The molecule has 1 N–H and O–H groups in total. The van der Waals surface area contributed by atoms with Gasteiger partial charge in [0.1, 0.15) is 6.67 Å². The maximum absolute atomic E-state index is 5.19. The van der Waals surface area contributed by atoms with E-state index in [1.54, 1.807) is 0 Å². The van der Waals surface area contributed by atoms with Crippen LogP contribution in [-0.2, 0) is 12.6 Å². The van der Waals surface area contributed by atoms with E-state index in [4.69, 9.17) is 12.6 Å². The third kappa shape index (κ3) is 2.08. The lowest BCUT2D eigenvalue weighted by atomic mass is 10.1. The van der Waals surface area contributed by atoms with Gasteiger partial charge in [-0.3, -0.25) is 10.3 Å². The van der Waals surface area contributed by atoms with Crippen LogP contribution in [0.5, 0.6) is 0 Å². The predicted molar refractivity (Wildman–Crippen MR) is 47.9 cm³/mol. The van der Waals surface area contributed by atoms with E-state index >= 15 is 0 Å². The van der Waals surface area contributed by atoms with Crippen molar-refractivity contribution in [2.45, 2.75) is 31.8 Å². The first-order valence-corrected chi connectivity index (χ1v) is 4.16. The van der Waals surface area contributed by atoms with Gasteiger partial charge >= 0.3 is 0 Å². The normalized spacial score (nSPS) is 29.7. The van der Waals surface area contributed by atoms with E-state index in [-0.39, 0.29) is 11.0 Å². The molecule has 0 aromatic rings. The monoisotopic (exact) mass is 173 g/mol. The molecule has 65 valence electrons. The van der Waals surface area contributed by atoms with E-state index in [1.165, 1.54) is 0 Å². The van der Waals surface area contributed by atoms with Gasteiger partial charge in [-0.1, -0.05) is 0 Å². The molecule has 1 unspecified atom stereocenters. The molecular formula is C7H15N3S-. The minimum atomic E-state index is -0.0139. The van der Waals surface area contributed by atoms with Gasteiger partial charge in [0.2, 0.25) is 0 Å². The summed E-state index contributed by atoms with van der Waals surface area (Å²) in [5.74, 6) is 0. The van der Waals surface area contributed by atoms with Crippen LogP contribution in [0.15, 0.2) is 0 Å². The lowest BCUT2D eigenvalue weighted by Crippen LogP contribution is -2.44. The molecule has 3 nitrogen and oxygen atoms in total. The molecular weight excluding hydrogens is 158 g/mol. The average Bonchev–Trinajstić information content (AvgIpc) is 2.08. The number of rotatable bonds is 0. The molecule has 0 bridgehead atoms. The van der Waals surface area contributed by atoms with Crippen LogP contribution in [0, 0.1) is 6.67 Å². The predicted octanol–water partition coefficient (Wildman–Crippen LogP) is 0.487. The van der Waals surface area contributed by atoms with E-state index in [0.29, 0.717) is 0 Å². The van der Waals surface area contributed by atoms with Gasteiger partial charge in [-0.2, -0.15) is 0 Å². The van der Waals surface area contributed by atoms with Crippen molar-refractivity contribution in [1.29, 1.82) is 0 Å². The van der Waals surface area contributed by atoms with Crippen molar-refractivity contribution >= 4 is 12.6 Å². The molecule has 1 radical (unpaired) electrons. The van der Waals surface area contributed by atoms with Gasteiger partial charge in [0.25, 0.3) is 0 Å². The Morgan fingerprint density at radius 1 is 1.45 bits per heavy atom. The minimum absolute atomic E-state index is 0.0139. The van der Waals surface area contributed by atoms with Crippen molar-refractivity contribution in [1.82, 2.24) is 15.3 Å². The van der Waals surface area contributed by atoms with Gasteiger partial charge in [0, 0.05) is 12.6 Å². The molecule has 1 heterocycles. The number of hydrazine groups is 1. The Labute approximate surface area is 74.1 Å². The van der Waals surface area contributed by atoms with E-state index in [2.05, 4.69) is 31.1 Å². The molecule has 4 heteroatoms. The third-order valence-electron chi connectivity index (χ3n) is 1.64. The molecule has 1 rings (SSSR count). The molecule has 1 aliphatic rings. The Bertz CT molecular complexity index is 143. The highest BCUT2D eigenvalue weighted by Gasteiger charge is 2.28. The zero-order chi connectivity index (χ0) is 8.65. The Kier molecular flexibility index (Phi) is 2.49. The molecule has 0 saturated carbocycles. The standard InChI is InChI=1S/C7H16N3S/c1-7(2,3)10-5-9(4)8-6(10)11/h5-6,8,11H,1-4H3/p-1. The van der Waals surface area contributed by atoms with Gasteiger partial charge in [0.15, 0.2) is 0 Å². The number of nitrogens with zero attached hydrogens (tertiary/aromatic N) is 2. The highest BCUT2D eigenvalue weighted by molar-refractivity contribution is 7.59. The largest absolute Gasteiger partial charge is 0.757 e. The SMILES string of the molecule is CN1[CH]N(C(C)(C)C)C([S-])N1. The summed E-state index contributed by atoms with van der Waals surface area (Å²) >= 11 is 5.19. The second kappa shape index (κ2) is 2.94. The van der Waals surface area contributed by atoms with Gasteiger partial charge < -0.3 is 12.6 Å². The van der Waals surface area contributed by atoms with Crippen molar-refractivity contribution in [3.63, 3.8) is 0 Å². The van der Waals surface area contributed by atoms with Crippen LogP contribution < -0.4 is 5.43 Å². The fourth-order valence-electron chi connectivity index (χ4n) is 1.04. The zero-order valence-electron chi connectivity index (χ0n) is 7.46. The molecule has 0 aliphatic carbocycles. The maximum Gasteiger partial charge on any atom is 0.106 e. The van der Waals surface area contributed by atoms with E-state index in [0.717, 1.165) is 0 Å². The maximum atomic E-state index is 5.19. The van der Waals surface area contributed by atoms with Crippen molar-refractivity contribution in [3.8, 4) is 0 Å². The minimum Gasteiger partial charge on any atom is -0.757 e. The highest BCUT2D eigenvalue weighted by Crippen LogP contribution is 2.21. The summed E-state index contributed by atoms with van der Waals surface area (Å²) in [5, 5.41) is 1.89. The van der Waals surface area contributed by atoms with E-state index in [9.17, 15) is 0 Å². The fourth-order valence-corrected chi connectivity index (χ4v) is 1.58. The summed E-state index contributed by atoms with van der Waals surface area (Å²) < 4.78 is 0. The van der Waals surface area contributed by atoms with Crippen molar-refractivity contribution < 1.29 is 0 Å². The van der Waals surface area contributed by atoms with Crippen LogP contribution in [0.1, 0.15) is 20.8 Å². The second-order valence-corrected chi connectivity index (χ2v) is 4.23. The average molecular weight is 173 g/mol. The first-order chi connectivity index (χ1) is 4.91. The summed E-state index contributed by atoms with van der Waals surface area (Å²) in [6, 6.07) is 0. The van der Waals surface area contributed by atoms with Gasteiger partial charge in [-0.25, -0.2) is 5.01 Å². The number of hydrogen-bond donors (Lipinski definition) is 1. The molecule has 0 amide bonds. The molecule has 1 aliphatic heterocycles. The Hall–Kier alpha value is 0.230. The number of hydrogen-bond acceptors (Lipinski definition) is 4. The summed E-state index contributed by atoms with van der Waals surface area (Å²) in [7, 11) is 1.95. The van der Waals surface area contributed by atoms with Crippen molar-refractivity contribution in [2.75, 3.05) is 7.05 Å². The molecule has 11 heavy (non-hydrogen) atoms. The lowest BCUT2D eigenvalue weighted by Gasteiger charge is -2.38. The molecule has 1 fully saturated rings. The summed E-state index contributed by atoms with van der Waals surface area (Å²) in [6.07, 6.45) is 0. The fraction of sp³-hybridized carbons (Fsp3) is 0.857. The Balaban J connectivity index is 2.60. The van der Waals surface area contributed by atoms with Crippen LogP contribution in [-0.4, -0.2) is 28.0 Å². The topological polar surface area (TPSA) is 18.5 Å². The Morgan fingerprint density at radius 2 is 2.00 bits per heavy atom. The van der Waals surface area contributed by atoms with Crippen LogP contribution in [0.3, 0.4) is 0 Å². The van der Waals surface area contributed by atoms with Crippen molar-refractivity contribution in [2.24, 2.45) is 0 Å². The van der Waals surface area contributed by atoms with E-state index in [1.807, 2.05) is 18.7 Å². The van der Waals surface area contributed by atoms with Crippen LogP contribution in [0.2, 0.25) is 0 Å². The van der Waals surface area contributed by atoms with Crippen molar-refractivity contribution in [3.05, 3.63) is 6.67 Å². The first-order valence-electron chi connectivity index (χ1n) is 3.69. The molecule has 0 aromatic carbocycles. The second-order valence-electron chi connectivity index (χ2n) is 3.79. The summed E-state index contributed by atoms with van der Waals surface area (Å²) in [5.41, 5.74) is 3.18. The quantitative estimate of drug-likeness (QED) is 0.537. The molecule has 1 atom stereocenters. The van der Waals surface area contributed by atoms with Crippen LogP contribution in [0.4, 0.5) is 0 Å². The number of nitrogens with one attached hydrogen (secondary N) is 1. The smallest absolute Gasteiger partial charge is 0.106 e. The Morgan fingerprint density at radius 3 is 2.18 bits per heavy atom. The molecule has 0 spiro atoms. The summed E-state index contributed by atoms with van der Waals surface area (Å²) in [6.45, 7) is 8.43. The molecule has 0 aromatic heterocycles. The third-order valence-corrected chi connectivity index (χ3v) is 1.97. The highest BCUT2D eigenvalue weighted by atomic mass is 32.1. The zero-order valence-corrected chi connectivity index (χ0v) is 8.27. The lowest BCUT2D eigenvalue weighted by molar-refractivity contribution is 0.182.